The second-order valence-electron chi connectivity index (χ2n) is 5.14. The highest BCUT2D eigenvalue weighted by Crippen LogP contribution is 2.13. The third-order valence-corrected chi connectivity index (χ3v) is 3.44. The lowest BCUT2D eigenvalue weighted by Gasteiger charge is -2.16. The second kappa shape index (κ2) is 10.2. The van der Waals surface area contributed by atoms with E-state index >= 15 is 0 Å². The van der Waals surface area contributed by atoms with Gasteiger partial charge >= 0.3 is 0 Å². The fourth-order valence-electron chi connectivity index (χ4n) is 1.88. The summed E-state index contributed by atoms with van der Waals surface area (Å²) in [6, 6.07) is 7.70. The molecule has 1 rings (SSSR count). The summed E-state index contributed by atoms with van der Waals surface area (Å²) in [4.78, 5) is 14.1. The molecule has 1 amide bonds. The Morgan fingerprint density at radius 1 is 1.14 bits per heavy atom. The Morgan fingerprint density at radius 2 is 1.81 bits per heavy atom. The predicted octanol–water partition coefficient (Wildman–Crippen LogP) is 3.08. The number of ether oxygens (including phenoxy) is 1. The van der Waals surface area contributed by atoms with E-state index in [1.165, 1.54) is 0 Å². The Labute approximate surface area is 128 Å². The van der Waals surface area contributed by atoms with Crippen molar-refractivity contribution in [3.8, 4) is 0 Å². The number of unbranched alkanes of at least 4 members (excludes halogenated alkanes) is 1. The van der Waals surface area contributed by atoms with Gasteiger partial charge in [-0.15, -0.1) is 0 Å². The van der Waals surface area contributed by atoms with Crippen molar-refractivity contribution in [2.24, 2.45) is 0 Å². The SMILES string of the molecule is CCCCOCCCNC(=O)c1ccc(N(C)CC)cc1. The van der Waals surface area contributed by atoms with Crippen LogP contribution >= 0.6 is 0 Å². The van der Waals surface area contributed by atoms with Gasteiger partial charge in [0, 0.05) is 44.6 Å². The molecule has 118 valence electrons. The molecule has 1 N–H and O–H groups in total. The molecular formula is C17H28N2O2. The van der Waals surface area contributed by atoms with Crippen LogP contribution in [-0.2, 0) is 4.74 Å². The second-order valence-corrected chi connectivity index (χ2v) is 5.14. The van der Waals surface area contributed by atoms with Crippen LogP contribution in [0.5, 0.6) is 0 Å². The Balaban J connectivity index is 2.26. The first kappa shape index (κ1) is 17.5. The molecule has 0 heterocycles. The Hall–Kier alpha value is -1.55. The molecule has 0 saturated heterocycles. The van der Waals surface area contributed by atoms with Gasteiger partial charge in [0.1, 0.15) is 0 Å². The van der Waals surface area contributed by atoms with E-state index in [-0.39, 0.29) is 5.91 Å². The third-order valence-electron chi connectivity index (χ3n) is 3.44. The van der Waals surface area contributed by atoms with Crippen LogP contribution in [0.15, 0.2) is 24.3 Å². The van der Waals surface area contributed by atoms with Crippen molar-refractivity contribution in [3.05, 3.63) is 29.8 Å². The molecule has 0 aliphatic heterocycles. The first-order valence-corrected chi connectivity index (χ1v) is 7.86. The molecule has 0 aromatic heterocycles. The number of amides is 1. The molecular weight excluding hydrogens is 264 g/mol. The van der Waals surface area contributed by atoms with Crippen molar-refractivity contribution in [1.82, 2.24) is 5.32 Å². The van der Waals surface area contributed by atoms with Gasteiger partial charge in [0.15, 0.2) is 0 Å². The van der Waals surface area contributed by atoms with Gasteiger partial charge in [0.05, 0.1) is 0 Å². The lowest BCUT2D eigenvalue weighted by molar-refractivity contribution is 0.0940. The lowest BCUT2D eigenvalue weighted by Crippen LogP contribution is -2.25. The fourth-order valence-corrected chi connectivity index (χ4v) is 1.88. The molecule has 0 fully saturated rings. The topological polar surface area (TPSA) is 41.6 Å². The summed E-state index contributed by atoms with van der Waals surface area (Å²) in [5.74, 6) is -0.0192. The molecule has 1 aromatic carbocycles. The van der Waals surface area contributed by atoms with Gasteiger partial charge in [-0.2, -0.15) is 0 Å². The molecule has 4 heteroatoms. The summed E-state index contributed by atoms with van der Waals surface area (Å²) in [5, 5.41) is 2.92. The maximum atomic E-state index is 12.0. The minimum atomic E-state index is -0.0192. The first-order valence-electron chi connectivity index (χ1n) is 7.86. The van der Waals surface area contributed by atoms with Crippen LogP contribution in [0.2, 0.25) is 0 Å². The van der Waals surface area contributed by atoms with E-state index in [0.717, 1.165) is 38.1 Å². The number of hydrogen-bond donors (Lipinski definition) is 1. The van der Waals surface area contributed by atoms with E-state index in [1.807, 2.05) is 31.3 Å². The zero-order valence-corrected chi connectivity index (χ0v) is 13.5. The number of nitrogens with zero attached hydrogens (tertiary/aromatic N) is 1. The summed E-state index contributed by atoms with van der Waals surface area (Å²) >= 11 is 0. The molecule has 0 spiro atoms. The molecule has 0 radical (unpaired) electrons. The van der Waals surface area contributed by atoms with E-state index in [1.54, 1.807) is 0 Å². The van der Waals surface area contributed by atoms with Crippen LogP contribution in [0.25, 0.3) is 0 Å². The molecule has 0 saturated carbocycles. The Morgan fingerprint density at radius 3 is 2.43 bits per heavy atom. The molecule has 1 aromatic rings. The zero-order chi connectivity index (χ0) is 15.5. The van der Waals surface area contributed by atoms with E-state index < -0.39 is 0 Å². The molecule has 0 aliphatic carbocycles. The average molecular weight is 292 g/mol. The molecule has 0 atom stereocenters. The van der Waals surface area contributed by atoms with E-state index in [2.05, 4.69) is 24.1 Å². The van der Waals surface area contributed by atoms with Crippen LogP contribution in [0.4, 0.5) is 5.69 Å². The number of benzene rings is 1. The Kier molecular flexibility index (Phi) is 8.51. The van der Waals surface area contributed by atoms with E-state index in [0.29, 0.717) is 18.7 Å². The number of carbonyl (C=O) groups is 1. The summed E-state index contributed by atoms with van der Waals surface area (Å²) < 4.78 is 5.46. The van der Waals surface area contributed by atoms with Gasteiger partial charge in [0.2, 0.25) is 0 Å². The van der Waals surface area contributed by atoms with Crippen molar-refractivity contribution in [2.45, 2.75) is 33.1 Å². The summed E-state index contributed by atoms with van der Waals surface area (Å²) in [6.45, 7) is 7.37. The maximum absolute atomic E-state index is 12.0. The van der Waals surface area contributed by atoms with E-state index in [9.17, 15) is 4.79 Å². The van der Waals surface area contributed by atoms with Crippen molar-refractivity contribution in [1.29, 1.82) is 0 Å². The van der Waals surface area contributed by atoms with Crippen LogP contribution < -0.4 is 10.2 Å². The number of hydrogen-bond acceptors (Lipinski definition) is 3. The largest absolute Gasteiger partial charge is 0.381 e. The maximum Gasteiger partial charge on any atom is 0.251 e. The van der Waals surface area contributed by atoms with Gasteiger partial charge in [0.25, 0.3) is 5.91 Å². The molecule has 0 bridgehead atoms. The van der Waals surface area contributed by atoms with E-state index in [4.69, 9.17) is 4.74 Å². The smallest absolute Gasteiger partial charge is 0.251 e. The molecule has 0 aliphatic rings. The van der Waals surface area contributed by atoms with Gasteiger partial charge in [-0.3, -0.25) is 4.79 Å². The summed E-state index contributed by atoms with van der Waals surface area (Å²) in [7, 11) is 2.04. The number of anilines is 1. The van der Waals surface area contributed by atoms with Crippen LogP contribution in [0.1, 0.15) is 43.5 Å². The minimum Gasteiger partial charge on any atom is -0.381 e. The van der Waals surface area contributed by atoms with Crippen molar-refractivity contribution in [3.63, 3.8) is 0 Å². The van der Waals surface area contributed by atoms with Gasteiger partial charge in [-0.25, -0.2) is 0 Å². The lowest BCUT2D eigenvalue weighted by atomic mass is 10.2. The number of carbonyl (C=O) groups excluding carboxylic acids is 1. The number of nitrogens with one attached hydrogen (secondary N) is 1. The molecule has 21 heavy (non-hydrogen) atoms. The highest BCUT2D eigenvalue weighted by Gasteiger charge is 2.05. The van der Waals surface area contributed by atoms with Gasteiger partial charge in [-0.1, -0.05) is 13.3 Å². The van der Waals surface area contributed by atoms with Crippen molar-refractivity contribution < 1.29 is 9.53 Å². The summed E-state index contributed by atoms with van der Waals surface area (Å²) in [5.41, 5.74) is 1.83. The fraction of sp³-hybridized carbons (Fsp3) is 0.588. The highest BCUT2D eigenvalue weighted by molar-refractivity contribution is 5.94. The summed E-state index contributed by atoms with van der Waals surface area (Å²) in [6.07, 6.45) is 3.11. The minimum absolute atomic E-state index is 0.0192. The third kappa shape index (κ3) is 6.63. The normalized spacial score (nSPS) is 10.4. The molecule has 0 unspecified atom stereocenters. The monoisotopic (exact) mass is 292 g/mol. The highest BCUT2D eigenvalue weighted by atomic mass is 16.5. The van der Waals surface area contributed by atoms with Crippen LogP contribution in [0, 0.1) is 0 Å². The standard InChI is InChI=1S/C17H28N2O2/c1-4-6-13-21-14-7-12-18-17(20)15-8-10-16(11-9-15)19(3)5-2/h8-11H,4-7,12-14H2,1-3H3,(H,18,20). The Bertz CT molecular complexity index is 404. The van der Waals surface area contributed by atoms with Gasteiger partial charge in [-0.05, 0) is 44.0 Å². The predicted molar refractivity (Wildman–Crippen MR) is 88.1 cm³/mol. The number of rotatable bonds is 10. The van der Waals surface area contributed by atoms with Gasteiger partial charge < -0.3 is 15.0 Å². The van der Waals surface area contributed by atoms with Crippen LogP contribution in [-0.4, -0.2) is 39.3 Å². The average Bonchev–Trinajstić information content (AvgIpc) is 2.53. The first-order chi connectivity index (χ1) is 10.2. The van der Waals surface area contributed by atoms with Crippen molar-refractivity contribution >= 4 is 11.6 Å². The quantitative estimate of drug-likeness (QED) is 0.674. The zero-order valence-electron chi connectivity index (χ0n) is 13.5. The molecule has 4 nitrogen and oxygen atoms in total. The van der Waals surface area contributed by atoms with Crippen molar-refractivity contribution in [2.75, 3.05) is 38.3 Å². The van der Waals surface area contributed by atoms with Crippen LogP contribution in [0.3, 0.4) is 0 Å².